The van der Waals surface area contributed by atoms with Crippen molar-refractivity contribution >= 4 is 15.9 Å². The van der Waals surface area contributed by atoms with Crippen molar-refractivity contribution in [2.24, 2.45) is 17.6 Å². The molecule has 2 fully saturated rings. The second-order valence-corrected chi connectivity index (χ2v) is 8.12. The number of nitrogens with two attached hydrogens (primary N) is 1. The van der Waals surface area contributed by atoms with Crippen molar-refractivity contribution in [3.8, 4) is 0 Å². The summed E-state index contributed by atoms with van der Waals surface area (Å²) in [6, 6.07) is 0.106. The van der Waals surface area contributed by atoms with E-state index in [0.29, 0.717) is 32.1 Å². The van der Waals surface area contributed by atoms with Gasteiger partial charge in [0.25, 0.3) is 0 Å². The van der Waals surface area contributed by atoms with Crippen LogP contribution >= 0.6 is 0 Å². The van der Waals surface area contributed by atoms with Gasteiger partial charge in [-0.15, -0.1) is 0 Å². The summed E-state index contributed by atoms with van der Waals surface area (Å²) < 4.78 is 24.3. The SMILES string of the molecule is CC1CCC(C(=O)N2CCN(S(C)(=O)=O)CC2)CC1N. The van der Waals surface area contributed by atoms with Crippen LogP contribution in [0, 0.1) is 11.8 Å². The van der Waals surface area contributed by atoms with E-state index in [4.69, 9.17) is 5.73 Å². The van der Waals surface area contributed by atoms with Gasteiger partial charge in [-0.3, -0.25) is 4.79 Å². The third kappa shape index (κ3) is 3.51. The Bertz CT molecular complexity index is 457. The van der Waals surface area contributed by atoms with E-state index in [9.17, 15) is 13.2 Å². The van der Waals surface area contributed by atoms with E-state index in [2.05, 4.69) is 6.92 Å². The maximum Gasteiger partial charge on any atom is 0.225 e. The molecule has 0 aromatic carbocycles. The number of hydrogen-bond acceptors (Lipinski definition) is 4. The molecule has 1 saturated heterocycles. The van der Waals surface area contributed by atoms with Gasteiger partial charge in [0.05, 0.1) is 6.26 Å². The number of carbonyl (C=O) groups is 1. The van der Waals surface area contributed by atoms with Crippen molar-refractivity contribution in [1.29, 1.82) is 0 Å². The van der Waals surface area contributed by atoms with Gasteiger partial charge in [-0.25, -0.2) is 8.42 Å². The summed E-state index contributed by atoms with van der Waals surface area (Å²) in [5, 5.41) is 0. The van der Waals surface area contributed by atoms with E-state index in [1.54, 1.807) is 4.90 Å². The minimum absolute atomic E-state index is 0.0194. The molecule has 2 aliphatic rings. The molecule has 7 heteroatoms. The van der Waals surface area contributed by atoms with Crippen molar-refractivity contribution in [3.05, 3.63) is 0 Å². The average Bonchev–Trinajstić information content (AvgIpc) is 2.40. The number of amides is 1. The molecule has 2 N–H and O–H groups in total. The second-order valence-electron chi connectivity index (χ2n) is 6.14. The van der Waals surface area contributed by atoms with Crippen LogP contribution in [0.3, 0.4) is 0 Å². The van der Waals surface area contributed by atoms with E-state index in [1.165, 1.54) is 10.6 Å². The number of sulfonamides is 1. The highest BCUT2D eigenvalue weighted by Gasteiger charge is 2.34. The zero-order valence-corrected chi connectivity index (χ0v) is 13.1. The van der Waals surface area contributed by atoms with Crippen LogP contribution < -0.4 is 5.73 Å². The lowest BCUT2D eigenvalue weighted by atomic mass is 9.79. The van der Waals surface area contributed by atoms with E-state index in [-0.39, 0.29) is 17.9 Å². The van der Waals surface area contributed by atoms with Gasteiger partial charge in [0.2, 0.25) is 15.9 Å². The lowest BCUT2D eigenvalue weighted by Crippen LogP contribution is -2.52. The first-order valence-corrected chi connectivity index (χ1v) is 9.13. The Hall–Kier alpha value is -0.660. The van der Waals surface area contributed by atoms with Crippen LogP contribution in [-0.2, 0) is 14.8 Å². The molecule has 0 bridgehead atoms. The van der Waals surface area contributed by atoms with Crippen LogP contribution in [0.1, 0.15) is 26.2 Å². The molecule has 3 atom stereocenters. The molecule has 1 saturated carbocycles. The third-order valence-electron chi connectivity index (χ3n) is 4.63. The molecule has 1 aliphatic carbocycles. The van der Waals surface area contributed by atoms with E-state index in [0.717, 1.165) is 19.3 Å². The maximum absolute atomic E-state index is 12.5. The smallest absolute Gasteiger partial charge is 0.225 e. The summed E-state index contributed by atoms with van der Waals surface area (Å²) in [6.07, 6.45) is 3.87. The molecular weight excluding hydrogens is 278 g/mol. The van der Waals surface area contributed by atoms with Crippen molar-refractivity contribution in [2.45, 2.75) is 32.2 Å². The van der Waals surface area contributed by atoms with Gasteiger partial charge in [-0.05, 0) is 25.2 Å². The van der Waals surface area contributed by atoms with Crippen LogP contribution in [0.5, 0.6) is 0 Å². The number of rotatable bonds is 2. The summed E-state index contributed by atoms with van der Waals surface area (Å²) in [5.74, 6) is 0.660. The van der Waals surface area contributed by atoms with Crippen molar-refractivity contribution in [1.82, 2.24) is 9.21 Å². The Morgan fingerprint density at radius 3 is 2.25 bits per heavy atom. The van der Waals surface area contributed by atoms with Gasteiger partial charge in [-0.1, -0.05) is 6.92 Å². The molecule has 0 spiro atoms. The number of nitrogens with zero attached hydrogens (tertiary/aromatic N) is 2. The Morgan fingerprint density at radius 2 is 1.75 bits per heavy atom. The zero-order chi connectivity index (χ0) is 14.9. The zero-order valence-electron chi connectivity index (χ0n) is 12.3. The van der Waals surface area contributed by atoms with Crippen LogP contribution in [0.25, 0.3) is 0 Å². The minimum atomic E-state index is -3.14. The Balaban J connectivity index is 1.89. The summed E-state index contributed by atoms with van der Waals surface area (Å²) in [4.78, 5) is 14.3. The molecule has 1 heterocycles. The lowest BCUT2D eigenvalue weighted by Gasteiger charge is -2.38. The van der Waals surface area contributed by atoms with E-state index in [1.807, 2.05) is 0 Å². The maximum atomic E-state index is 12.5. The number of carbonyl (C=O) groups excluding carboxylic acids is 1. The summed E-state index contributed by atoms with van der Waals surface area (Å²) >= 11 is 0. The van der Waals surface area contributed by atoms with Crippen LogP contribution in [0.15, 0.2) is 0 Å². The number of piperazine rings is 1. The first-order valence-electron chi connectivity index (χ1n) is 7.28. The van der Waals surface area contributed by atoms with Crippen LogP contribution in [0.2, 0.25) is 0 Å². The monoisotopic (exact) mass is 303 g/mol. The standard InChI is InChI=1S/C13H25N3O3S/c1-10-3-4-11(9-12(10)14)13(17)15-5-7-16(8-6-15)20(2,18)19/h10-12H,3-9,14H2,1-2H3. The van der Waals surface area contributed by atoms with Crippen molar-refractivity contribution in [2.75, 3.05) is 32.4 Å². The predicted molar refractivity (Wildman–Crippen MR) is 77.5 cm³/mol. The van der Waals surface area contributed by atoms with Crippen molar-refractivity contribution < 1.29 is 13.2 Å². The van der Waals surface area contributed by atoms with Gasteiger partial charge in [0.1, 0.15) is 0 Å². The highest BCUT2D eigenvalue weighted by molar-refractivity contribution is 7.88. The molecule has 6 nitrogen and oxygen atoms in total. The molecule has 20 heavy (non-hydrogen) atoms. The normalized spacial score (nSPS) is 33.1. The number of hydrogen-bond donors (Lipinski definition) is 1. The quantitative estimate of drug-likeness (QED) is 0.769. The predicted octanol–water partition coefficient (Wildman–Crippen LogP) is -0.146. The van der Waals surface area contributed by atoms with Gasteiger partial charge in [0.15, 0.2) is 0 Å². The third-order valence-corrected chi connectivity index (χ3v) is 5.93. The fourth-order valence-corrected chi connectivity index (χ4v) is 3.91. The van der Waals surface area contributed by atoms with Gasteiger partial charge in [0, 0.05) is 38.1 Å². The molecule has 2 rings (SSSR count). The summed E-state index contributed by atoms with van der Waals surface area (Å²) in [7, 11) is -3.14. The average molecular weight is 303 g/mol. The molecule has 0 radical (unpaired) electrons. The fraction of sp³-hybridized carbons (Fsp3) is 0.923. The highest BCUT2D eigenvalue weighted by atomic mass is 32.2. The summed E-state index contributed by atoms with van der Waals surface area (Å²) in [5.41, 5.74) is 6.06. The Morgan fingerprint density at radius 1 is 1.15 bits per heavy atom. The molecule has 116 valence electrons. The molecule has 0 aromatic heterocycles. The van der Waals surface area contributed by atoms with Gasteiger partial charge in [-0.2, -0.15) is 4.31 Å². The van der Waals surface area contributed by atoms with Gasteiger partial charge >= 0.3 is 0 Å². The molecule has 1 amide bonds. The fourth-order valence-electron chi connectivity index (χ4n) is 3.08. The first kappa shape index (κ1) is 15.7. The molecular formula is C13H25N3O3S. The van der Waals surface area contributed by atoms with E-state index < -0.39 is 10.0 Å². The highest BCUT2D eigenvalue weighted by Crippen LogP contribution is 2.29. The molecule has 1 aliphatic heterocycles. The lowest BCUT2D eigenvalue weighted by molar-refractivity contribution is -0.138. The van der Waals surface area contributed by atoms with Crippen LogP contribution in [-0.4, -0.2) is 62.0 Å². The van der Waals surface area contributed by atoms with Crippen molar-refractivity contribution in [3.63, 3.8) is 0 Å². The topological polar surface area (TPSA) is 83.7 Å². The second kappa shape index (κ2) is 5.99. The minimum Gasteiger partial charge on any atom is -0.340 e. The van der Waals surface area contributed by atoms with Crippen LogP contribution in [0.4, 0.5) is 0 Å². The van der Waals surface area contributed by atoms with E-state index >= 15 is 0 Å². The largest absolute Gasteiger partial charge is 0.340 e. The first-order chi connectivity index (χ1) is 9.29. The summed E-state index contributed by atoms with van der Waals surface area (Å²) in [6.45, 7) is 3.93. The van der Waals surface area contributed by atoms with Gasteiger partial charge < -0.3 is 10.6 Å². The molecule has 0 aromatic rings. The molecule has 3 unspecified atom stereocenters. The Labute approximate surface area is 121 Å². The Kier molecular flexibility index (Phi) is 4.71.